The van der Waals surface area contributed by atoms with Crippen molar-refractivity contribution in [3.8, 4) is 17.2 Å². The van der Waals surface area contributed by atoms with Gasteiger partial charge in [0.1, 0.15) is 17.2 Å². The second-order valence-corrected chi connectivity index (χ2v) is 5.80. The molecule has 0 atom stereocenters. The fraction of sp³-hybridized carbons (Fsp3) is 0.227. The number of methoxy groups -OCH3 is 3. The van der Waals surface area contributed by atoms with E-state index in [4.69, 9.17) is 14.2 Å². The molecule has 0 spiro atoms. The second-order valence-electron chi connectivity index (χ2n) is 5.80. The summed E-state index contributed by atoms with van der Waals surface area (Å²) in [6.07, 6.45) is 4.99. The molecule has 0 aliphatic carbocycles. The molecule has 0 N–H and O–H groups in total. The molecule has 0 aliphatic rings. The van der Waals surface area contributed by atoms with Crippen molar-refractivity contribution in [1.82, 2.24) is 4.90 Å². The second kappa shape index (κ2) is 10.1. The van der Waals surface area contributed by atoms with Crippen molar-refractivity contribution in [3.05, 3.63) is 72.3 Å². The summed E-state index contributed by atoms with van der Waals surface area (Å²) < 4.78 is 15.7. The Kier molecular flexibility index (Phi) is 7.49. The maximum Gasteiger partial charge on any atom is 0.247 e. The summed E-state index contributed by atoms with van der Waals surface area (Å²) in [4.78, 5) is 14.4. The predicted octanol–water partition coefficient (Wildman–Crippen LogP) is 3.94. The molecule has 0 heterocycles. The highest BCUT2D eigenvalue weighted by Crippen LogP contribution is 2.25. The molecular formula is C22H25NO4. The first-order valence-electron chi connectivity index (χ1n) is 8.54. The Morgan fingerprint density at radius 2 is 1.67 bits per heavy atom. The monoisotopic (exact) mass is 367 g/mol. The molecule has 0 fully saturated rings. The van der Waals surface area contributed by atoms with Crippen LogP contribution in [0.5, 0.6) is 17.2 Å². The Morgan fingerprint density at radius 3 is 2.26 bits per heavy atom. The van der Waals surface area contributed by atoms with Crippen LogP contribution in [0.3, 0.4) is 0 Å². The van der Waals surface area contributed by atoms with E-state index in [9.17, 15) is 4.79 Å². The van der Waals surface area contributed by atoms with Crippen LogP contribution in [0, 0.1) is 0 Å². The molecule has 5 nitrogen and oxygen atoms in total. The molecule has 2 aromatic carbocycles. The minimum atomic E-state index is -0.108. The van der Waals surface area contributed by atoms with Crippen LogP contribution in [0.25, 0.3) is 6.08 Å². The first kappa shape index (κ1) is 20.1. The molecule has 0 saturated heterocycles. The molecule has 142 valence electrons. The minimum absolute atomic E-state index is 0.108. The van der Waals surface area contributed by atoms with E-state index in [0.717, 1.165) is 16.9 Å². The van der Waals surface area contributed by atoms with Gasteiger partial charge in [-0.1, -0.05) is 18.2 Å². The molecule has 0 unspecified atom stereocenters. The molecule has 0 radical (unpaired) electrons. The van der Waals surface area contributed by atoms with Gasteiger partial charge in [0.05, 0.1) is 21.3 Å². The number of carbonyl (C=O) groups is 1. The molecule has 27 heavy (non-hydrogen) atoms. The first-order valence-corrected chi connectivity index (χ1v) is 8.54. The highest BCUT2D eigenvalue weighted by molar-refractivity contribution is 5.92. The summed E-state index contributed by atoms with van der Waals surface area (Å²) in [6.45, 7) is 4.68. The highest BCUT2D eigenvalue weighted by Gasteiger charge is 2.11. The van der Waals surface area contributed by atoms with Crippen LogP contribution in [-0.2, 0) is 11.3 Å². The number of hydrogen-bond acceptors (Lipinski definition) is 4. The van der Waals surface area contributed by atoms with E-state index in [-0.39, 0.29) is 5.91 Å². The van der Waals surface area contributed by atoms with Gasteiger partial charge in [0, 0.05) is 30.8 Å². The third kappa shape index (κ3) is 5.64. The topological polar surface area (TPSA) is 48.0 Å². The molecule has 0 saturated carbocycles. The Bertz CT molecular complexity index is 796. The van der Waals surface area contributed by atoms with Crippen molar-refractivity contribution in [2.75, 3.05) is 27.9 Å². The van der Waals surface area contributed by atoms with Crippen molar-refractivity contribution < 1.29 is 19.0 Å². The predicted molar refractivity (Wildman–Crippen MR) is 107 cm³/mol. The summed E-state index contributed by atoms with van der Waals surface area (Å²) >= 11 is 0. The maximum absolute atomic E-state index is 12.7. The zero-order valence-electron chi connectivity index (χ0n) is 16.0. The molecule has 2 rings (SSSR count). The van der Waals surface area contributed by atoms with Crippen LogP contribution in [0.15, 0.2) is 61.2 Å². The van der Waals surface area contributed by atoms with Gasteiger partial charge in [-0.15, -0.1) is 6.58 Å². The lowest BCUT2D eigenvalue weighted by atomic mass is 10.1. The zero-order valence-corrected chi connectivity index (χ0v) is 16.0. The summed E-state index contributed by atoms with van der Waals surface area (Å²) in [7, 11) is 4.81. The lowest BCUT2D eigenvalue weighted by Crippen LogP contribution is -2.29. The normalized spacial score (nSPS) is 10.5. The standard InChI is InChI=1S/C22H25NO4/c1-5-14-23(16-17-6-10-19(25-2)11-7-17)22(24)13-9-18-8-12-20(26-3)15-21(18)27-4/h5-13,15H,1,14,16H2,2-4H3. The number of amides is 1. The fourth-order valence-electron chi connectivity index (χ4n) is 2.56. The Hall–Kier alpha value is -3.21. The van der Waals surface area contributed by atoms with E-state index in [1.165, 1.54) is 6.08 Å². The Morgan fingerprint density at radius 1 is 1.00 bits per heavy atom. The summed E-state index contributed by atoms with van der Waals surface area (Å²) in [5.74, 6) is 2.02. The van der Waals surface area contributed by atoms with Crippen LogP contribution in [-0.4, -0.2) is 38.7 Å². The third-order valence-electron chi connectivity index (χ3n) is 4.04. The van der Waals surface area contributed by atoms with Gasteiger partial charge in [-0.2, -0.15) is 0 Å². The van der Waals surface area contributed by atoms with Gasteiger partial charge in [0.25, 0.3) is 0 Å². The van der Waals surface area contributed by atoms with Gasteiger partial charge in [-0.05, 0) is 35.9 Å². The third-order valence-corrected chi connectivity index (χ3v) is 4.04. The average molecular weight is 367 g/mol. The fourth-order valence-corrected chi connectivity index (χ4v) is 2.56. The molecule has 0 bridgehead atoms. The average Bonchev–Trinajstić information content (AvgIpc) is 2.72. The van der Waals surface area contributed by atoms with Crippen molar-refractivity contribution in [2.24, 2.45) is 0 Å². The number of nitrogens with zero attached hydrogens (tertiary/aromatic N) is 1. The Labute approximate surface area is 160 Å². The molecule has 0 aliphatic heterocycles. The molecule has 5 heteroatoms. The summed E-state index contributed by atoms with van der Waals surface area (Å²) in [5.41, 5.74) is 1.82. The van der Waals surface area contributed by atoms with Gasteiger partial charge in [0.15, 0.2) is 0 Å². The molecule has 1 amide bonds. The quantitative estimate of drug-likeness (QED) is 0.498. The highest BCUT2D eigenvalue weighted by atomic mass is 16.5. The van der Waals surface area contributed by atoms with E-state index in [1.54, 1.807) is 44.4 Å². The Balaban J connectivity index is 2.13. The van der Waals surface area contributed by atoms with E-state index < -0.39 is 0 Å². The van der Waals surface area contributed by atoms with Gasteiger partial charge in [-0.3, -0.25) is 4.79 Å². The van der Waals surface area contributed by atoms with Gasteiger partial charge < -0.3 is 19.1 Å². The van der Waals surface area contributed by atoms with Crippen LogP contribution < -0.4 is 14.2 Å². The minimum Gasteiger partial charge on any atom is -0.497 e. The van der Waals surface area contributed by atoms with Gasteiger partial charge in [0.2, 0.25) is 5.91 Å². The number of benzene rings is 2. The zero-order chi connectivity index (χ0) is 19.6. The summed E-state index contributed by atoms with van der Waals surface area (Å²) in [6, 6.07) is 13.1. The van der Waals surface area contributed by atoms with E-state index in [2.05, 4.69) is 6.58 Å². The largest absolute Gasteiger partial charge is 0.497 e. The number of hydrogen-bond donors (Lipinski definition) is 0. The molecule has 2 aromatic rings. The van der Waals surface area contributed by atoms with Crippen LogP contribution in [0.1, 0.15) is 11.1 Å². The smallest absolute Gasteiger partial charge is 0.247 e. The summed E-state index contributed by atoms with van der Waals surface area (Å²) in [5, 5.41) is 0. The van der Waals surface area contributed by atoms with Gasteiger partial charge in [-0.25, -0.2) is 0 Å². The van der Waals surface area contributed by atoms with E-state index >= 15 is 0 Å². The van der Waals surface area contributed by atoms with Gasteiger partial charge >= 0.3 is 0 Å². The van der Waals surface area contributed by atoms with E-state index in [1.807, 2.05) is 36.4 Å². The van der Waals surface area contributed by atoms with Crippen molar-refractivity contribution >= 4 is 12.0 Å². The molecular weight excluding hydrogens is 342 g/mol. The van der Waals surface area contributed by atoms with Crippen molar-refractivity contribution in [3.63, 3.8) is 0 Å². The number of rotatable bonds is 9. The molecule has 0 aromatic heterocycles. The number of carbonyl (C=O) groups excluding carboxylic acids is 1. The van der Waals surface area contributed by atoms with Crippen LogP contribution in [0.4, 0.5) is 0 Å². The van der Waals surface area contributed by atoms with Crippen LogP contribution >= 0.6 is 0 Å². The van der Waals surface area contributed by atoms with Crippen molar-refractivity contribution in [2.45, 2.75) is 6.54 Å². The SMILES string of the molecule is C=CCN(Cc1ccc(OC)cc1)C(=O)C=Cc1ccc(OC)cc1OC. The lowest BCUT2D eigenvalue weighted by Gasteiger charge is -2.20. The van der Waals surface area contributed by atoms with Crippen LogP contribution in [0.2, 0.25) is 0 Å². The van der Waals surface area contributed by atoms with Crippen molar-refractivity contribution in [1.29, 1.82) is 0 Å². The lowest BCUT2D eigenvalue weighted by molar-refractivity contribution is -0.126. The van der Waals surface area contributed by atoms with E-state index in [0.29, 0.717) is 24.6 Å². The number of ether oxygens (including phenoxy) is 3. The first-order chi connectivity index (χ1) is 13.1. The maximum atomic E-state index is 12.7.